The van der Waals surface area contributed by atoms with E-state index in [1.807, 2.05) is 0 Å². The average Bonchev–Trinajstić information content (AvgIpc) is 3.73. The summed E-state index contributed by atoms with van der Waals surface area (Å²) in [5.74, 6) is 1.60. The molecule has 0 spiro atoms. The molecule has 0 saturated heterocycles. The van der Waals surface area contributed by atoms with E-state index in [2.05, 4.69) is 88.3 Å². The van der Waals surface area contributed by atoms with Gasteiger partial charge in [0.1, 0.15) is 0 Å². The first kappa shape index (κ1) is 22.2. The molecule has 3 aliphatic rings. The first-order valence-corrected chi connectivity index (χ1v) is 13.3. The van der Waals surface area contributed by atoms with Crippen LogP contribution in [0.5, 0.6) is 0 Å². The third kappa shape index (κ3) is 4.80. The minimum atomic E-state index is -0.0936. The highest BCUT2D eigenvalue weighted by Gasteiger charge is 2.35. The predicted molar refractivity (Wildman–Crippen MR) is 143 cm³/mol. The third-order valence-electron chi connectivity index (χ3n) is 8.04. The third-order valence-corrected chi connectivity index (χ3v) is 8.04. The fourth-order valence-corrected chi connectivity index (χ4v) is 6.10. The summed E-state index contributed by atoms with van der Waals surface area (Å²) in [4.78, 5) is 15.4. The van der Waals surface area contributed by atoms with Gasteiger partial charge in [0.2, 0.25) is 0 Å². The van der Waals surface area contributed by atoms with Crippen molar-refractivity contribution in [2.24, 2.45) is 5.92 Å². The number of benzene rings is 3. The smallest absolute Gasteiger partial charge is 0.319 e. The summed E-state index contributed by atoms with van der Waals surface area (Å²) in [6.07, 6.45) is 7.23. The van der Waals surface area contributed by atoms with Gasteiger partial charge < -0.3 is 15.5 Å². The zero-order valence-corrected chi connectivity index (χ0v) is 20.4. The van der Waals surface area contributed by atoms with Crippen molar-refractivity contribution in [1.82, 2.24) is 5.32 Å². The van der Waals surface area contributed by atoms with Gasteiger partial charge in [-0.2, -0.15) is 0 Å². The van der Waals surface area contributed by atoms with Crippen molar-refractivity contribution in [3.8, 4) is 0 Å². The Balaban J connectivity index is 1.34. The van der Waals surface area contributed by atoms with Crippen LogP contribution in [0.3, 0.4) is 0 Å². The highest BCUT2D eigenvalue weighted by atomic mass is 16.2. The van der Waals surface area contributed by atoms with E-state index in [-0.39, 0.29) is 6.03 Å². The molecule has 2 atom stereocenters. The second kappa shape index (κ2) is 9.77. The number of nitrogens with one attached hydrogen (secondary N) is 2. The number of carbonyl (C=O) groups is 1. The van der Waals surface area contributed by atoms with Gasteiger partial charge in [-0.1, -0.05) is 73.5 Å². The number of anilines is 2. The minimum absolute atomic E-state index is 0.0936. The van der Waals surface area contributed by atoms with Crippen molar-refractivity contribution in [2.75, 3.05) is 29.9 Å². The van der Waals surface area contributed by atoms with E-state index < -0.39 is 0 Å². The number of amides is 2. The standard InChI is InChI=1S/C31H35N3O/c35-31(32-17-7-8-22-13-14-22)33-25-20-28-26(23-9-3-1-4-10-23)15-18-34-19-16-27(29(21-25)30(28)34)24-11-5-2-6-12-24/h1-6,9-12,20-22,26-27H,7-8,13-19H2,(H2,32,33,35). The van der Waals surface area contributed by atoms with Crippen molar-refractivity contribution in [1.29, 1.82) is 0 Å². The molecule has 1 saturated carbocycles. The first-order valence-electron chi connectivity index (χ1n) is 13.3. The Morgan fingerprint density at radius 1 is 0.800 bits per heavy atom. The maximum atomic E-state index is 12.8. The second-order valence-corrected chi connectivity index (χ2v) is 10.5. The van der Waals surface area contributed by atoms with Crippen LogP contribution in [0.15, 0.2) is 72.8 Å². The summed E-state index contributed by atoms with van der Waals surface area (Å²) in [5.41, 5.74) is 7.72. The lowest BCUT2D eigenvalue weighted by Crippen LogP contribution is -2.38. The van der Waals surface area contributed by atoms with Gasteiger partial charge in [-0.25, -0.2) is 4.79 Å². The average molecular weight is 466 g/mol. The largest absolute Gasteiger partial charge is 0.371 e. The molecule has 6 rings (SSSR count). The van der Waals surface area contributed by atoms with Gasteiger partial charge in [-0.15, -0.1) is 0 Å². The Bertz CT molecular complexity index is 1100. The molecule has 2 N–H and O–H groups in total. The zero-order chi connectivity index (χ0) is 23.6. The maximum absolute atomic E-state index is 12.8. The highest BCUT2D eigenvalue weighted by Crippen LogP contribution is 2.49. The number of carbonyl (C=O) groups excluding carboxylic acids is 1. The van der Waals surface area contributed by atoms with E-state index in [1.165, 1.54) is 47.2 Å². The maximum Gasteiger partial charge on any atom is 0.319 e. The molecule has 3 aromatic rings. The number of hydrogen-bond acceptors (Lipinski definition) is 2. The molecule has 0 aromatic heterocycles. The molecule has 1 fully saturated rings. The van der Waals surface area contributed by atoms with E-state index in [0.29, 0.717) is 11.8 Å². The van der Waals surface area contributed by atoms with Crippen LogP contribution < -0.4 is 15.5 Å². The molecule has 2 aliphatic heterocycles. The summed E-state index contributed by atoms with van der Waals surface area (Å²) in [6, 6.07) is 26.1. The lowest BCUT2D eigenvalue weighted by atomic mass is 9.76. The molecule has 1 aliphatic carbocycles. The topological polar surface area (TPSA) is 44.4 Å². The predicted octanol–water partition coefficient (Wildman–Crippen LogP) is 6.88. The van der Waals surface area contributed by atoms with Gasteiger partial charge in [-0.05, 0) is 66.0 Å². The van der Waals surface area contributed by atoms with E-state index in [0.717, 1.165) is 50.5 Å². The van der Waals surface area contributed by atoms with Gasteiger partial charge in [0, 0.05) is 42.8 Å². The first-order chi connectivity index (χ1) is 17.3. The summed E-state index contributed by atoms with van der Waals surface area (Å²) in [6.45, 7) is 2.90. The Kier molecular flexibility index (Phi) is 6.20. The van der Waals surface area contributed by atoms with Crippen LogP contribution in [0, 0.1) is 5.92 Å². The quantitative estimate of drug-likeness (QED) is 0.374. The Morgan fingerprint density at radius 2 is 1.37 bits per heavy atom. The second-order valence-electron chi connectivity index (χ2n) is 10.5. The Labute approximate surface area is 208 Å². The van der Waals surface area contributed by atoms with Crippen LogP contribution in [0.4, 0.5) is 16.2 Å². The molecule has 180 valence electrons. The van der Waals surface area contributed by atoms with Crippen LogP contribution in [0.2, 0.25) is 0 Å². The number of hydrogen-bond donors (Lipinski definition) is 2. The minimum Gasteiger partial charge on any atom is -0.371 e. The summed E-state index contributed by atoms with van der Waals surface area (Å²) < 4.78 is 0. The van der Waals surface area contributed by atoms with Crippen molar-refractivity contribution < 1.29 is 4.79 Å². The molecule has 3 aromatic carbocycles. The summed E-state index contributed by atoms with van der Waals surface area (Å²) in [7, 11) is 0. The van der Waals surface area contributed by atoms with Gasteiger partial charge in [0.05, 0.1) is 0 Å². The summed E-state index contributed by atoms with van der Waals surface area (Å²) in [5, 5.41) is 6.26. The number of rotatable bonds is 7. The number of nitrogens with zero attached hydrogens (tertiary/aromatic N) is 1. The number of urea groups is 1. The van der Waals surface area contributed by atoms with Crippen molar-refractivity contribution in [3.63, 3.8) is 0 Å². The summed E-state index contributed by atoms with van der Waals surface area (Å²) >= 11 is 0. The van der Waals surface area contributed by atoms with E-state index in [9.17, 15) is 4.79 Å². The molecular formula is C31H35N3O. The molecule has 0 bridgehead atoms. The fourth-order valence-electron chi connectivity index (χ4n) is 6.10. The van der Waals surface area contributed by atoms with Crippen LogP contribution >= 0.6 is 0 Å². The van der Waals surface area contributed by atoms with Crippen molar-refractivity contribution >= 4 is 17.4 Å². The van der Waals surface area contributed by atoms with Gasteiger partial charge in [0.25, 0.3) is 0 Å². The molecule has 4 heteroatoms. The zero-order valence-electron chi connectivity index (χ0n) is 20.4. The molecule has 4 nitrogen and oxygen atoms in total. The van der Waals surface area contributed by atoms with E-state index in [1.54, 1.807) is 0 Å². The van der Waals surface area contributed by atoms with Crippen LogP contribution in [-0.4, -0.2) is 25.7 Å². The molecular weight excluding hydrogens is 430 g/mol. The van der Waals surface area contributed by atoms with Gasteiger partial charge in [-0.3, -0.25) is 0 Å². The lowest BCUT2D eigenvalue weighted by Gasteiger charge is -2.43. The highest BCUT2D eigenvalue weighted by molar-refractivity contribution is 5.90. The SMILES string of the molecule is O=C(NCCCC1CC1)Nc1cc2c3c(c1)C(c1ccccc1)CCN3CCC2c1ccccc1. The van der Waals surface area contributed by atoms with Crippen LogP contribution in [0.25, 0.3) is 0 Å². The van der Waals surface area contributed by atoms with Crippen LogP contribution in [-0.2, 0) is 0 Å². The molecule has 35 heavy (non-hydrogen) atoms. The molecule has 2 unspecified atom stereocenters. The van der Waals surface area contributed by atoms with E-state index in [4.69, 9.17) is 0 Å². The molecule has 0 radical (unpaired) electrons. The van der Waals surface area contributed by atoms with Gasteiger partial charge >= 0.3 is 6.03 Å². The van der Waals surface area contributed by atoms with Crippen molar-refractivity contribution in [2.45, 2.75) is 50.4 Å². The fraction of sp³-hybridized carbons (Fsp3) is 0.387. The van der Waals surface area contributed by atoms with E-state index >= 15 is 0 Å². The molecule has 2 heterocycles. The Hall–Kier alpha value is -3.27. The van der Waals surface area contributed by atoms with Crippen molar-refractivity contribution in [3.05, 3.63) is 95.1 Å². The normalized spacial score (nSPS) is 20.7. The molecule has 2 amide bonds. The van der Waals surface area contributed by atoms with Crippen LogP contribution in [0.1, 0.15) is 72.6 Å². The lowest BCUT2D eigenvalue weighted by molar-refractivity contribution is 0.252. The Morgan fingerprint density at radius 3 is 1.91 bits per heavy atom. The van der Waals surface area contributed by atoms with Gasteiger partial charge in [0.15, 0.2) is 0 Å². The monoisotopic (exact) mass is 465 g/mol.